The van der Waals surface area contributed by atoms with Gasteiger partial charge >= 0.3 is 0 Å². The number of para-hydroxylation sites is 1. The first-order valence-electron chi connectivity index (χ1n) is 8.17. The van der Waals surface area contributed by atoms with Crippen molar-refractivity contribution in [3.8, 4) is 0 Å². The minimum Gasteiger partial charge on any atom is -0.451 e. The second-order valence-electron chi connectivity index (χ2n) is 6.79. The minimum atomic E-state index is -0.0125. The van der Waals surface area contributed by atoms with Crippen molar-refractivity contribution in [2.45, 2.75) is 25.9 Å². The maximum Gasteiger partial charge on any atom is 0.290 e. The highest BCUT2D eigenvalue weighted by Crippen LogP contribution is 2.31. The molecule has 2 atom stereocenters. The molecule has 1 aliphatic heterocycles. The molecule has 0 aliphatic carbocycles. The highest BCUT2D eigenvalue weighted by molar-refractivity contribution is 5.99. The Morgan fingerprint density at radius 2 is 2.13 bits per heavy atom. The van der Waals surface area contributed by atoms with Gasteiger partial charge in [-0.15, -0.1) is 0 Å². The molecule has 5 heteroatoms. The second-order valence-corrected chi connectivity index (χ2v) is 6.79. The molecule has 1 aromatic heterocycles. The van der Waals surface area contributed by atoms with Gasteiger partial charge in [0.2, 0.25) is 0 Å². The molecule has 2 unspecified atom stereocenters. The molecule has 0 spiro atoms. The number of nitrogens with zero attached hydrogens (tertiary/aromatic N) is 2. The van der Waals surface area contributed by atoms with Crippen LogP contribution in [0, 0.1) is 5.92 Å². The smallest absolute Gasteiger partial charge is 0.290 e. The summed E-state index contributed by atoms with van der Waals surface area (Å²) in [6.07, 6.45) is 0.964. The highest BCUT2D eigenvalue weighted by Gasteiger charge is 2.35. The van der Waals surface area contributed by atoms with Gasteiger partial charge < -0.3 is 20.0 Å². The highest BCUT2D eigenvalue weighted by atomic mass is 16.3. The fraction of sp³-hybridized carbons (Fsp3) is 0.500. The first kappa shape index (κ1) is 16.0. The lowest BCUT2D eigenvalue weighted by atomic mass is 10.1. The Labute approximate surface area is 137 Å². The van der Waals surface area contributed by atoms with Crippen LogP contribution in [0.5, 0.6) is 0 Å². The molecule has 0 saturated carbocycles. The summed E-state index contributed by atoms with van der Waals surface area (Å²) >= 11 is 0. The van der Waals surface area contributed by atoms with Gasteiger partial charge in [-0.2, -0.15) is 0 Å². The third-order valence-electron chi connectivity index (χ3n) is 4.62. The minimum absolute atomic E-state index is 0.0125. The summed E-state index contributed by atoms with van der Waals surface area (Å²) in [5.74, 6) is 0.849. The number of likely N-dealkylation sites (tertiary alicyclic amines) is 1. The largest absolute Gasteiger partial charge is 0.451 e. The van der Waals surface area contributed by atoms with E-state index in [1.54, 1.807) is 0 Å². The lowest BCUT2D eigenvalue weighted by Gasteiger charge is -2.21. The fourth-order valence-electron chi connectivity index (χ4n) is 3.47. The quantitative estimate of drug-likeness (QED) is 0.940. The molecule has 0 bridgehead atoms. The Balaban J connectivity index is 2.00. The van der Waals surface area contributed by atoms with E-state index in [1.165, 1.54) is 0 Å². The molecule has 2 heterocycles. The van der Waals surface area contributed by atoms with Gasteiger partial charge in [0.05, 0.1) is 0 Å². The van der Waals surface area contributed by atoms with Crippen molar-refractivity contribution < 1.29 is 9.21 Å². The van der Waals surface area contributed by atoms with Gasteiger partial charge in [0.1, 0.15) is 5.58 Å². The number of hydrogen-bond acceptors (Lipinski definition) is 4. The van der Waals surface area contributed by atoms with Crippen molar-refractivity contribution in [2.24, 2.45) is 11.7 Å². The van der Waals surface area contributed by atoms with Gasteiger partial charge in [-0.05, 0) is 46.0 Å². The molecule has 1 amide bonds. The molecule has 1 fully saturated rings. The van der Waals surface area contributed by atoms with Crippen LogP contribution in [0.15, 0.2) is 28.7 Å². The topological polar surface area (TPSA) is 62.7 Å². The Morgan fingerprint density at radius 3 is 2.78 bits per heavy atom. The van der Waals surface area contributed by atoms with E-state index in [1.807, 2.05) is 43.3 Å². The number of benzene rings is 1. The van der Waals surface area contributed by atoms with E-state index in [4.69, 9.17) is 10.2 Å². The van der Waals surface area contributed by atoms with E-state index < -0.39 is 0 Å². The zero-order valence-corrected chi connectivity index (χ0v) is 14.1. The summed E-state index contributed by atoms with van der Waals surface area (Å²) in [6, 6.07) is 8.05. The van der Waals surface area contributed by atoms with Crippen LogP contribution in [0.1, 0.15) is 29.5 Å². The standard InChI is InChI=1S/C18H25N3O2/c1-12-8-13(9-19)10-21(12)18(22)17-15(11-20(2)3)14-6-4-5-7-16(14)23-17/h4-7,12-13H,8-11,19H2,1-3H3. The number of fused-ring (bicyclic) bond motifs is 1. The summed E-state index contributed by atoms with van der Waals surface area (Å²) < 4.78 is 5.94. The number of carbonyl (C=O) groups excluding carboxylic acids is 1. The Kier molecular flexibility index (Phi) is 4.41. The van der Waals surface area contributed by atoms with E-state index in [0.717, 1.165) is 29.5 Å². The first-order chi connectivity index (χ1) is 11.0. The van der Waals surface area contributed by atoms with Crippen LogP contribution in [0.3, 0.4) is 0 Å². The van der Waals surface area contributed by atoms with E-state index in [9.17, 15) is 4.79 Å². The molecule has 0 radical (unpaired) electrons. The van der Waals surface area contributed by atoms with Crippen LogP contribution in [0.4, 0.5) is 0 Å². The zero-order valence-electron chi connectivity index (χ0n) is 14.1. The summed E-state index contributed by atoms with van der Waals surface area (Å²) in [7, 11) is 4.00. The SMILES string of the molecule is CC1CC(CN)CN1C(=O)c1oc2ccccc2c1CN(C)C. The van der Waals surface area contributed by atoms with E-state index >= 15 is 0 Å². The molecule has 3 rings (SSSR count). The number of hydrogen-bond donors (Lipinski definition) is 1. The predicted octanol–water partition coefficient (Wildman–Crippen LogP) is 2.30. The first-order valence-corrected chi connectivity index (χ1v) is 8.17. The molecule has 2 aromatic rings. The molecule has 124 valence electrons. The number of carbonyl (C=O) groups is 1. The molecule has 23 heavy (non-hydrogen) atoms. The Bertz CT molecular complexity index is 707. The monoisotopic (exact) mass is 315 g/mol. The fourth-order valence-corrected chi connectivity index (χ4v) is 3.47. The van der Waals surface area contributed by atoms with Crippen molar-refractivity contribution in [1.82, 2.24) is 9.80 Å². The van der Waals surface area contributed by atoms with Crippen LogP contribution in [0.2, 0.25) is 0 Å². The zero-order chi connectivity index (χ0) is 16.6. The molecule has 2 N–H and O–H groups in total. The van der Waals surface area contributed by atoms with Crippen LogP contribution in [0.25, 0.3) is 11.0 Å². The molecule has 1 saturated heterocycles. The molecular formula is C18H25N3O2. The number of furan rings is 1. The average Bonchev–Trinajstić information content (AvgIpc) is 3.07. The lowest BCUT2D eigenvalue weighted by Crippen LogP contribution is -2.35. The van der Waals surface area contributed by atoms with E-state index in [-0.39, 0.29) is 11.9 Å². The lowest BCUT2D eigenvalue weighted by molar-refractivity contribution is 0.0711. The molecule has 5 nitrogen and oxygen atoms in total. The summed E-state index contributed by atoms with van der Waals surface area (Å²) in [5.41, 5.74) is 7.53. The summed E-state index contributed by atoms with van der Waals surface area (Å²) in [4.78, 5) is 17.0. The van der Waals surface area contributed by atoms with Crippen LogP contribution < -0.4 is 5.73 Å². The Hall–Kier alpha value is -1.85. The van der Waals surface area contributed by atoms with Crippen LogP contribution in [-0.2, 0) is 6.54 Å². The van der Waals surface area contributed by atoms with Gasteiger partial charge in [-0.25, -0.2) is 0 Å². The van der Waals surface area contributed by atoms with Gasteiger partial charge in [-0.1, -0.05) is 18.2 Å². The maximum atomic E-state index is 13.1. The van der Waals surface area contributed by atoms with Gasteiger partial charge in [0, 0.05) is 30.1 Å². The van der Waals surface area contributed by atoms with Crippen molar-refractivity contribution in [3.05, 3.63) is 35.6 Å². The number of rotatable bonds is 4. The van der Waals surface area contributed by atoms with Gasteiger partial charge in [0.25, 0.3) is 5.91 Å². The average molecular weight is 315 g/mol. The molecule has 1 aromatic carbocycles. The summed E-state index contributed by atoms with van der Waals surface area (Å²) in [6.45, 7) is 4.11. The van der Waals surface area contributed by atoms with Crippen molar-refractivity contribution in [3.63, 3.8) is 0 Å². The Morgan fingerprint density at radius 1 is 1.39 bits per heavy atom. The van der Waals surface area contributed by atoms with E-state index in [2.05, 4.69) is 11.8 Å². The van der Waals surface area contributed by atoms with Gasteiger partial charge in [-0.3, -0.25) is 4.79 Å². The van der Waals surface area contributed by atoms with Crippen molar-refractivity contribution >= 4 is 16.9 Å². The third-order valence-corrected chi connectivity index (χ3v) is 4.62. The molecular weight excluding hydrogens is 290 g/mol. The van der Waals surface area contributed by atoms with E-state index in [0.29, 0.717) is 24.8 Å². The molecule has 1 aliphatic rings. The van der Waals surface area contributed by atoms with Crippen molar-refractivity contribution in [1.29, 1.82) is 0 Å². The second kappa shape index (κ2) is 6.34. The summed E-state index contributed by atoms with van der Waals surface area (Å²) in [5, 5.41) is 1.02. The van der Waals surface area contributed by atoms with Crippen LogP contribution >= 0.6 is 0 Å². The number of amides is 1. The number of nitrogens with two attached hydrogens (primary N) is 1. The maximum absolute atomic E-state index is 13.1. The predicted molar refractivity (Wildman–Crippen MR) is 91.3 cm³/mol. The normalized spacial score (nSPS) is 21.5. The van der Waals surface area contributed by atoms with Crippen LogP contribution in [-0.4, -0.2) is 48.9 Å². The third kappa shape index (κ3) is 2.99. The van der Waals surface area contributed by atoms with Crippen molar-refractivity contribution in [2.75, 3.05) is 27.2 Å². The van der Waals surface area contributed by atoms with Gasteiger partial charge in [0.15, 0.2) is 5.76 Å².